The molecule has 21 heavy (non-hydrogen) atoms. The van der Waals surface area contributed by atoms with E-state index in [1.165, 1.54) is 0 Å². The first-order valence-corrected chi connectivity index (χ1v) is 7.64. The monoisotopic (exact) mass is 287 g/mol. The predicted molar refractivity (Wildman–Crippen MR) is 77.2 cm³/mol. The molecule has 1 saturated heterocycles. The number of amides is 1. The van der Waals surface area contributed by atoms with Gasteiger partial charge in [0.2, 0.25) is 5.91 Å². The number of nitriles is 1. The second-order valence-corrected chi connectivity index (χ2v) is 5.92. The van der Waals surface area contributed by atoms with Gasteiger partial charge in [-0.3, -0.25) is 14.4 Å². The van der Waals surface area contributed by atoms with E-state index in [1.807, 2.05) is 15.6 Å². The van der Waals surface area contributed by atoms with Gasteiger partial charge in [0.25, 0.3) is 0 Å². The minimum Gasteiger partial charge on any atom is -0.343 e. The van der Waals surface area contributed by atoms with Crippen LogP contribution in [0, 0.1) is 11.3 Å². The summed E-state index contributed by atoms with van der Waals surface area (Å²) in [6, 6.07) is 4.56. The molecule has 6 nitrogen and oxygen atoms in total. The molecule has 2 aliphatic rings. The first-order valence-electron chi connectivity index (χ1n) is 7.64. The van der Waals surface area contributed by atoms with Crippen LogP contribution in [0.2, 0.25) is 0 Å². The molecule has 0 aliphatic carbocycles. The molecule has 6 heteroatoms. The highest BCUT2D eigenvalue weighted by atomic mass is 16.2. The number of hydrogen-bond acceptors (Lipinski definition) is 4. The summed E-state index contributed by atoms with van der Waals surface area (Å²) < 4.78 is 1.98. The van der Waals surface area contributed by atoms with Gasteiger partial charge < -0.3 is 4.90 Å². The fourth-order valence-electron chi connectivity index (χ4n) is 3.40. The molecule has 0 unspecified atom stereocenters. The van der Waals surface area contributed by atoms with Crippen LogP contribution in [-0.4, -0.2) is 51.2 Å². The van der Waals surface area contributed by atoms with Gasteiger partial charge >= 0.3 is 0 Å². The number of carbonyl (C=O) groups is 1. The van der Waals surface area contributed by atoms with Gasteiger partial charge in [-0.1, -0.05) is 0 Å². The zero-order chi connectivity index (χ0) is 14.8. The van der Waals surface area contributed by atoms with E-state index in [-0.39, 0.29) is 5.91 Å². The molecule has 2 aliphatic heterocycles. The maximum Gasteiger partial charge on any atom is 0.219 e. The first-order chi connectivity index (χ1) is 10.2. The third kappa shape index (κ3) is 2.93. The van der Waals surface area contributed by atoms with Crippen molar-refractivity contribution in [2.24, 2.45) is 0 Å². The third-order valence-electron chi connectivity index (χ3n) is 4.58. The minimum atomic E-state index is 0.182. The number of rotatable bonds is 1. The second-order valence-electron chi connectivity index (χ2n) is 5.92. The van der Waals surface area contributed by atoms with Gasteiger partial charge in [-0.25, -0.2) is 0 Å². The summed E-state index contributed by atoms with van der Waals surface area (Å²) in [4.78, 5) is 15.8. The molecular weight excluding hydrogens is 266 g/mol. The van der Waals surface area contributed by atoms with Gasteiger partial charge in [-0.15, -0.1) is 0 Å². The van der Waals surface area contributed by atoms with Gasteiger partial charge in [-0.2, -0.15) is 10.4 Å². The van der Waals surface area contributed by atoms with Crippen molar-refractivity contribution < 1.29 is 4.79 Å². The molecule has 0 spiro atoms. The average molecular weight is 287 g/mol. The molecule has 1 aromatic rings. The fraction of sp³-hybridized carbons (Fsp3) is 0.667. The van der Waals surface area contributed by atoms with Crippen molar-refractivity contribution in [3.63, 3.8) is 0 Å². The zero-order valence-corrected chi connectivity index (χ0v) is 12.5. The Hall–Kier alpha value is -1.87. The molecule has 0 bridgehead atoms. The van der Waals surface area contributed by atoms with Gasteiger partial charge in [0.15, 0.2) is 5.69 Å². The van der Waals surface area contributed by atoms with E-state index >= 15 is 0 Å². The van der Waals surface area contributed by atoms with Crippen molar-refractivity contribution in [2.45, 2.75) is 45.3 Å². The molecule has 0 N–H and O–H groups in total. The molecule has 0 saturated carbocycles. The van der Waals surface area contributed by atoms with E-state index in [1.54, 1.807) is 6.92 Å². The van der Waals surface area contributed by atoms with Crippen LogP contribution in [0.15, 0.2) is 6.07 Å². The highest BCUT2D eigenvalue weighted by Crippen LogP contribution is 2.22. The van der Waals surface area contributed by atoms with E-state index in [4.69, 9.17) is 5.26 Å². The topological polar surface area (TPSA) is 65.2 Å². The maximum absolute atomic E-state index is 11.4. The van der Waals surface area contributed by atoms with Crippen LogP contribution < -0.4 is 0 Å². The van der Waals surface area contributed by atoms with E-state index in [0.29, 0.717) is 11.7 Å². The lowest BCUT2D eigenvalue weighted by Gasteiger charge is -2.37. The summed E-state index contributed by atoms with van der Waals surface area (Å²) in [7, 11) is 0. The Morgan fingerprint density at radius 2 is 2.10 bits per heavy atom. The van der Waals surface area contributed by atoms with Crippen molar-refractivity contribution >= 4 is 5.91 Å². The molecule has 1 fully saturated rings. The summed E-state index contributed by atoms with van der Waals surface area (Å²) in [5, 5.41) is 13.3. The van der Waals surface area contributed by atoms with E-state index in [2.05, 4.69) is 16.1 Å². The summed E-state index contributed by atoms with van der Waals surface area (Å²) in [6.07, 6.45) is 3.14. The number of nitrogens with zero attached hydrogens (tertiary/aromatic N) is 5. The molecule has 3 rings (SSSR count). The standard InChI is InChI=1S/C15H21N5O/c1-12(21)18-7-3-14(4-8-18)19-5-2-6-20-15(11-19)9-13(10-16)17-20/h9,14H,2-8,11H2,1H3. The van der Waals surface area contributed by atoms with E-state index in [9.17, 15) is 4.79 Å². The molecule has 0 atom stereocenters. The number of likely N-dealkylation sites (tertiary alicyclic amines) is 1. The van der Waals surface area contributed by atoms with Gasteiger partial charge in [0.05, 0.1) is 5.69 Å². The van der Waals surface area contributed by atoms with Gasteiger partial charge in [0.1, 0.15) is 6.07 Å². The molecule has 0 aromatic carbocycles. The summed E-state index contributed by atoms with van der Waals surface area (Å²) in [5.41, 5.74) is 1.65. The molecule has 112 valence electrons. The van der Waals surface area contributed by atoms with Crippen molar-refractivity contribution in [3.8, 4) is 6.07 Å². The Balaban J connectivity index is 1.67. The predicted octanol–water partition coefficient (Wildman–Crippen LogP) is 0.971. The molecule has 1 aromatic heterocycles. The Labute approximate surface area is 124 Å². The largest absolute Gasteiger partial charge is 0.343 e. The summed E-state index contributed by atoms with van der Waals surface area (Å²) >= 11 is 0. The van der Waals surface area contributed by atoms with Crippen LogP contribution in [0.25, 0.3) is 0 Å². The van der Waals surface area contributed by atoms with Gasteiger partial charge in [-0.05, 0) is 25.3 Å². The summed E-state index contributed by atoms with van der Waals surface area (Å²) in [6.45, 7) is 6.18. The Morgan fingerprint density at radius 3 is 2.76 bits per heavy atom. The van der Waals surface area contributed by atoms with Crippen molar-refractivity contribution in [3.05, 3.63) is 17.5 Å². The lowest BCUT2D eigenvalue weighted by molar-refractivity contribution is -0.130. The minimum absolute atomic E-state index is 0.182. The fourth-order valence-corrected chi connectivity index (χ4v) is 3.40. The Morgan fingerprint density at radius 1 is 1.33 bits per heavy atom. The first kappa shape index (κ1) is 14.1. The quantitative estimate of drug-likeness (QED) is 0.772. The highest BCUT2D eigenvalue weighted by molar-refractivity contribution is 5.73. The SMILES string of the molecule is CC(=O)N1CCC(N2CCCn3nc(C#N)cc3C2)CC1. The molecule has 3 heterocycles. The van der Waals surface area contributed by atoms with Gasteiger partial charge in [0, 0.05) is 45.7 Å². The molecule has 1 amide bonds. The van der Waals surface area contributed by atoms with Crippen LogP contribution >= 0.6 is 0 Å². The third-order valence-corrected chi connectivity index (χ3v) is 4.58. The van der Waals surface area contributed by atoms with E-state index < -0.39 is 0 Å². The smallest absolute Gasteiger partial charge is 0.219 e. The molecular formula is C15H21N5O. The van der Waals surface area contributed by atoms with Crippen molar-refractivity contribution in [2.75, 3.05) is 19.6 Å². The lowest BCUT2D eigenvalue weighted by Crippen LogP contribution is -2.46. The molecule has 0 radical (unpaired) electrons. The number of hydrogen-bond donors (Lipinski definition) is 0. The van der Waals surface area contributed by atoms with Crippen LogP contribution in [0.5, 0.6) is 0 Å². The average Bonchev–Trinajstić information content (AvgIpc) is 2.78. The summed E-state index contributed by atoms with van der Waals surface area (Å²) in [5.74, 6) is 0.182. The zero-order valence-electron chi connectivity index (χ0n) is 12.5. The number of carbonyl (C=O) groups excluding carboxylic acids is 1. The van der Waals surface area contributed by atoms with Crippen molar-refractivity contribution in [1.29, 1.82) is 5.26 Å². The van der Waals surface area contributed by atoms with Crippen LogP contribution in [0.3, 0.4) is 0 Å². The van der Waals surface area contributed by atoms with Crippen LogP contribution in [-0.2, 0) is 17.9 Å². The number of piperidine rings is 1. The van der Waals surface area contributed by atoms with Crippen LogP contribution in [0.4, 0.5) is 0 Å². The highest BCUT2D eigenvalue weighted by Gasteiger charge is 2.27. The maximum atomic E-state index is 11.4. The number of fused-ring (bicyclic) bond motifs is 1. The normalized spacial score (nSPS) is 20.7. The Bertz CT molecular complexity index is 565. The van der Waals surface area contributed by atoms with Crippen molar-refractivity contribution in [1.82, 2.24) is 19.6 Å². The lowest BCUT2D eigenvalue weighted by atomic mass is 10.0. The Kier molecular flexibility index (Phi) is 3.93. The number of aromatic nitrogens is 2. The van der Waals surface area contributed by atoms with E-state index in [0.717, 1.165) is 57.7 Å². The number of aryl methyl sites for hydroxylation is 1. The van der Waals surface area contributed by atoms with Crippen LogP contribution in [0.1, 0.15) is 37.6 Å². The second kappa shape index (κ2) is 5.86.